The molecule has 7 nitrogen and oxygen atoms in total. The molecule has 0 saturated carbocycles. The first-order valence-corrected chi connectivity index (χ1v) is 8.54. The predicted molar refractivity (Wildman–Crippen MR) is 90.5 cm³/mol. The van der Waals surface area contributed by atoms with E-state index >= 15 is 0 Å². The van der Waals surface area contributed by atoms with Gasteiger partial charge in [0.15, 0.2) is 6.29 Å². The van der Waals surface area contributed by atoms with E-state index in [2.05, 4.69) is 10.4 Å². The third-order valence-corrected chi connectivity index (χ3v) is 4.90. The van der Waals surface area contributed by atoms with Crippen molar-refractivity contribution in [3.05, 3.63) is 47.2 Å². The SMILES string of the molecule is COc1ccc(CNC2C3COC(O3)C(n3cc(Cl)cn3)C2O)cc1. The van der Waals surface area contributed by atoms with Gasteiger partial charge in [0.25, 0.3) is 0 Å². The summed E-state index contributed by atoms with van der Waals surface area (Å²) in [6.07, 6.45) is 1.78. The lowest BCUT2D eigenvalue weighted by Crippen LogP contribution is -2.57. The number of nitrogens with zero attached hydrogens (tertiary/aromatic N) is 2. The molecule has 0 radical (unpaired) electrons. The van der Waals surface area contributed by atoms with E-state index in [1.54, 1.807) is 18.0 Å². The van der Waals surface area contributed by atoms with Crippen molar-refractivity contribution in [1.29, 1.82) is 0 Å². The maximum atomic E-state index is 10.9. The Labute approximate surface area is 150 Å². The number of ether oxygens (including phenoxy) is 3. The normalized spacial score (nSPS) is 31.2. The van der Waals surface area contributed by atoms with Gasteiger partial charge in [-0.1, -0.05) is 23.7 Å². The minimum absolute atomic E-state index is 0.194. The Kier molecular flexibility index (Phi) is 4.66. The van der Waals surface area contributed by atoms with Gasteiger partial charge in [-0.15, -0.1) is 0 Å². The molecule has 25 heavy (non-hydrogen) atoms. The van der Waals surface area contributed by atoms with Crippen LogP contribution in [-0.4, -0.2) is 53.1 Å². The number of hydrogen-bond donors (Lipinski definition) is 2. The molecule has 1 aromatic carbocycles. The third-order valence-electron chi connectivity index (χ3n) is 4.71. The number of methoxy groups -OCH3 is 1. The molecule has 2 bridgehead atoms. The smallest absolute Gasteiger partial charge is 0.183 e. The number of aliphatic hydroxyl groups excluding tert-OH is 1. The zero-order valence-corrected chi connectivity index (χ0v) is 14.5. The van der Waals surface area contributed by atoms with Crippen molar-refractivity contribution in [2.75, 3.05) is 13.7 Å². The minimum atomic E-state index is -0.708. The van der Waals surface area contributed by atoms with Gasteiger partial charge in [-0.2, -0.15) is 5.10 Å². The number of benzene rings is 1. The van der Waals surface area contributed by atoms with Gasteiger partial charge in [0.1, 0.15) is 17.9 Å². The minimum Gasteiger partial charge on any atom is -0.497 e. The Morgan fingerprint density at radius 1 is 1.40 bits per heavy atom. The summed E-state index contributed by atoms with van der Waals surface area (Å²) in [7, 11) is 1.64. The highest BCUT2D eigenvalue weighted by atomic mass is 35.5. The summed E-state index contributed by atoms with van der Waals surface area (Å²) in [4.78, 5) is 0. The predicted octanol–water partition coefficient (Wildman–Crippen LogP) is 1.36. The van der Waals surface area contributed by atoms with Crippen LogP contribution in [0.2, 0.25) is 5.02 Å². The number of aromatic nitrogens is 2. The van der Waals surface area contributed by atoms with Gasteiger partial charge < -0.3 is 24.6 Å². The zero-order chi connectivity index (χ0) is 17.4. The lowest BCUT2D eigenvalue weighted by atomic mass is 9.96. The molecule has 5 atom stereocenters. The molecule has 2 N–H and O–H groups in total. The van der Waals surface area contributed by atoms with Gasteiger partial charge in [0.05, 0.1) is 37.1 Å². The molecule has 0 aliphatic carbocycles. The van der Waals surface area contributed by atoms with Crippen molar-refractivity contribution in [3.63, 3.8) is 0 Å². The van der Waals surface area contributed by atoms with Gasteiger partial charge in [0, 0.05) is 12.7 Å². The van der Waals surface area contributed by atoms with E-state index in [-0.39, 0.29) is 12.1 Å². The van der Waals surface area contributed by atoms with Crippen LogP contribution >= 0.6 is 11.6 Å². The summed E-state index contributed by atoms with van der Waals surface area (Å²) >= 11 is 5.96. The summed E-state index contributed by atoms with van der Waals surface area (Å²) in [5.41, 5.74) is 1.09. The second-order valence-corrected chi connectivity index (χ2v) is 6.69. The lowest BCUT2D eigenvalue weighted by molar-refractivity contribution is -0.168. The third kappa shape index (κ3) is 3.26. The van der Waals surface area contributed by atoms with Crippen LogP contribution in [-0.2, 0) is 16.0 Å². The van der Waals surface area contributed by atoms with E-state index in [4.69, 9.17) is 25.8 Å². The van der Waals surface area contributed by atoms with Crippen LogP contribution < -0.4 is 10.1 Å². The Hall–Kier alpha value is -1.64. The number of halogens is 1. The fourth-order valence-corrected chi connectivity index (χ4v) is 3.54. The summed E-state index contributed by atoms with van der Waals surface area (Å²) < 4.78 is 18.4. The molecule has 2 aromatic rings. The Morgan fingerprint density at radius 3 is 2.88 bits per heavy atom. The summed E-state index contributed by atoms with van der Waals surface area (Å²) in [6, 6.07) is 7.08. The fourth-order valence-electron chi connectivity index (χ4n) is 3.39. The summed E-state index contributed by atoms with van der Waals surface area (Å²) in [6.45, 7) is 1.04. The highest BCUT2D eigenvalue weighted by Crippen LogP contribution is 2.35. The van der Waals surface area contributed by atoms with Crippen molar-refractivity contribution in [2.24, 2.45) is 0 Å². The Balaban J connectivity index is 1.48. The van der Waals surface area contributed by atoms with E-state index in [1.165, 1.54) is 6.20 Å². The van der Waals surface area contributed by atoms with Gasteiger partial charge in [-0.05, 0) is 17.7 Å². The van der Waals surface area contributed by atoms with Crippen molar-refractivity contribution in [3.8, 4) is 5.75 Å². The van der Waals surface area contributed by atoms with Crippen LogP contribution in [0.5, 0.6) is 5.75 Å². The molecule has 3 heterocycles. The van der Waals surface area contributed by atoms with E-state index < -0.39 is 18.4 Å². The molecule has 8 heteroatoms. The first-order valence-electron chi connectivity index (χ1n) is 8.17. The number of fused-ring (bicyclic) bond motifs is 2. The molecule has 4 rings (SSSR count). The van der Waals surface area contributed by atoms with Gasteiger partial charge >= 0.3 is 0 Å². The van der Waals surface area contributed by atoms with Gasteiger partial charge in [-0.25, -0.2) is 0 Å². The highest BCUT2D eigenvalue weighted by Gasteiger charge is 2.51. The average molecular weight is 366 g/mol. The van der Waals surface area contributed by atoms with Crippen LogP contribution in [0.25, 0.3) is 0 Å². The van der Waals surface area contributed by atoms with E-state index in [0.717, 1.165) is 11.3 Å². The average Bonchev–Trinajstić information content (AvgIpc) is 3.23. The summed E-state index contributed by atoms with van der Waals surface area (Å²) in [5.74, 6) is 0.812. The van der Waals surface area contributed by atoms with Crippen LogP contribution in [0.1, 0.15) is 11.6 Å². The molecule has 2 fully saturated rings. The number of nitrogens with one attached hydrogen (secondary N) is 1. The molecule has 2 saturated heterocycles. The first kappa shape index (κ1) is 16.8. The van der Waals surface area contributed by atoms with Crippen LogP contribution in [0.3, 0.4) is 0 Å². The molecule has 1 aromatic heterocycles. The molecular weight excluding hydrogens is 346 g/mol. The van der Waals surface area contributed by atoms with Gasteiger partial charge in [0.2, 0.25) is 0 Å². The standard InChI is InChI=1S/C17H20ClN3O4/c1-23-12-4-2-10(3-5-12)6-19-14-13-9-24-17(25-13)15(16(14)22)21-8-11(18)7-20-21/h2-5,7-8,13-17,19,22H,6,9H2,1H3. The van der Waals surface area contributed by atoms with Crippen molar-refractivity contribution in [1.82, 2.24) is 15.1 Å². The molecule has 0 amide bonds. The van der Waals surface area contributed by atoms with E-state index in [1.807, 2.05) is 24.3 Å². The highest BCUT2D eigenvalue weighted by molar-refractivity contribution is 6.30. The van der Waals surface area contributed by atoms with Crippen LogP contribution in [0, 0.1) is 0 Å². The van der Waals surface area contributed by atoms with Crippen LogP contribution in [0.15, 0.2) is 36.7 Å². The number of rotatable bonds is 5. The Morgan fingerprint density at radius 2 is 2.20 bits per heavy atom. The molecule has 5 unspecified atom stereocenters. The van der Waals surface area contributed by atoms with Crippen molar-refractivity contribution < 1.29 is 19.3 Å². The number of aliphatic hydroxyl groups is 1. The molecule has 2 aliphatic heterocycles. The number of hydrogen-bond acceptors (Lipinski definition) is 6. The molecule has 134 valence electrons. The molecule has 0 spiro atoms. The lowest BCUT2D eigenvalue weighted by Gasteiger charge is -2.38. The quantitative estimate of drug-likeness (QED) is 0.833. The fraction of sp³-hybridized carbons (Fsp3) is 0.471. The maximum Gasteiger partial charge on any atom is 0.183 e. The summed E-state index contributed by atoms with van der Waals surface area (Å²) in [5, 5.41) is 19.0. The van der Waals surface area contributed by atoms with Crippen LogP contribution in [0.4, 0.5) is 0 Å². The van der Waals surface area contributed by atoms with E-state index in [9.17, 15) is 5.11 Å². The second-order valence-electron chi connectivity index (χ2n) is 6.25. The van der Waals surface area contributed by atoms with Crippen molar-refractivity contribution in [2.45, 2.75) is 37.1 Å². The maximum absolute atomic E-state index is 10.9. The Bertz CT molecular complexity index is 723. The topological polar surface area (TPSA) is 77.8 Å². The van der Waals surface area contributed by atoms with E-state index in [0.29, 0.717) is 18.2 Å². The molecule has 2 aliphatic rings. The van der Waals surface area contributed by atoms with Gasteiger partial charge in [-0.3, -0.25) is 4.68 Å². The second kappa shape index (κ2) is 6.93. The zero-order valence-electron chi connectivity index (χ0n) is 13.7. The largest absolute Gasteiger partial charge is 0.497 e. The van der Waals surface area contributed by atoms with Crippen molar-refractivity contribution >= 4 is 11.6 Å². The monoisotopic (exact) mass is 365 g/mol. The first-order chi connectivity index (χ1) is 12.2. The molecular formula is C17H20ClN3O4.